The molecule has 3 heterocycles. The molecule has 0 spiro atoms. The summed E-state index contributed by atoms with van der Waals surface area (Å²) in [5.41, 5.74) is -0.231. The highest BCUT2D eigenvalue weighted by Gasteiger charge is 2.38. The minimum Gasteiger partial charge on any atom is -0.496 e. The van der Waals surface area contributed by atoms with E-state index >= 15 is 0 Å². The van der Waals surface area contributed by atoms with Crippen molar-refractivity contribution in [2.45, 2.75) is 13.0 Å². The van der Waals surface area contributed by atoms with Gasteiger partial charge in [-0.05, 0) is 13.0 Å². The molecule has 1 saturated heterocycles. The first-order chi connectivity index (χ1) is 15.7. The van der Waals surface area contributed by atoms with Crippen molar-refractivity contribution in [3.63, 3.8) is 0 Å². The van der Waals surface area contributed by atoms with E-state index in [0.717, 1.165) is 18.8 Å². The number of Topliss-reactive ketones (excluding diaryl/α,β-unsaturated/α-hetero) is 1. The molecule has 15 heteroatoms. The molecule has 1 amide bonds. The standard InChI is InChI=1S/C19H28N6O7S2/c1-13-11-23(33(28,29)21(2)3)9-10-24(13)19(27)17(26)14-12-25(34(30,31)22(4)5)18-16(14)15(32-6)7-8-20-18/h7-8,12-13H,9-11H2,1-6H3/t13-/m1/s1. The van der Waals surface area contributed by atoms with Crippen molar-refractivity contribution < 1.29 is 31.2 Å². The molecule has 0 bridgehead atoms. The number of carbonyl (C=O) groups excluding carboxylic acids is 2. The van der Waals surface area contributed by atoms with Crippen molar-refractivity contribution in [2.24, 2.45) is 0 Å². The Morgan fingerprint density at radius 3 is 2.21 bits per heavy atom. The summed E-state index contributed by atoms with van der Waals surface area (Å²) in [6.07, 6.45) is 2.40. The second-order valence-electron chi connectivity index (χ2n) is 8.17. The summed E-state index contributed by atoms with van der Waals surface area (Å²) >= 11 is 0. The summed E-state index contributed by atoms with van der Waals surface area (Å²) in [6.45, 7) is 1.68. The zero-order valence-corrected chi connectivity index (χ0v) is 21.4. The van der Waals surface area contributed by atoms with E-state index in [-0.39, 0.29) is 42.0 Å². The summed E-state index contributed by atoms with van der Waals surface area (Å²) in [5, 5.41) is 0.0928. The number of fused-ring (bicyclic) bond motifs is 1. The lowest BCUT2D eigenvalue weighted by molar-refractivity contribution is -0.129. The Morgan fingerprint density at radius 1 is 1.06 bits per heavy atom. The van der Waals surface area contributed by atoms with Crippen LogP contribution in [0.4, 0.5) is 0 Å². The number of pyridine rings is 1. The van der Waals surface area contributed by atoms with Crippen molar-refractivity contribution in [3.8, 4) is 5.75 Å². The molecule has 1 aliphatic heterocycles. The third kappa shape index (κ3) is 4.29. The molecule has 0 N–H and O–H groups in total. The van der Waals surface area contributed by atoms with Gasteiger partial charge >= 0.3 is 10.2 Å². The van der Waals surface area contributed by atoms with Gasteiger partial charge in [0.05, 0.1) is 18.1 Å². The van der Waals surface area contributed by atoms with Gasteiger partial charge in [-0.15, -0.1) is 0 Å². The van der Waals surface area contributed by atoms with Gasteiger partial charge in [0.15, 0.2) is 5.65 Å². The lowest BCUT2D eigenvalue weighted by Crippen LogP contribution is -2.58. The molecular formula is C19H28N6O7S2. The van der Waals surface area contributed by atoms with Crippen LogP contribution in [-0.4, -0.2) is 116 Å². The molecule has 2 aromatic rings. The first kappa shape index (κ1) is 26.0. The van der Waals surface area contributed by atoms with E-state index < -0.39 is 38.2 Å². The minimum atomic E-state index is -4.06. The van der Waals surface area contributed by atoms with Crippen molar-refractivity contribution in [3.05, 3.63) is 24.0 Å². The van der Waals surface area contributed by atoms with E-state index in [2.05, 4.69) is 4.98 Å². The highest BCUT2D eigenvalue weighted by atomic mass is 32.2. The summed E-state index contributed by atoms with van der Waals surface area (Å²) in [7, 11) is -0.876. The van der Waals surface area contributed by atoms with E-state index in [1.165, 1.54) is 56.8 Å². The van der Waals surface area contributed by atoms with Crippen LogP contribution in [-0.2, 0) is 25.2 Å². The number of hydrogen-bond acceptors (Lipinski definition) is 8. The summed E-state index contributed by atoms with van der Waals surface area (Å²) in [6, 6.07) is 0.878. The quantitative estimate of drug-likeness (QED) is 0.345. The molecule has 0 radical (unpaired) electrons. The molecule has 3 rings (SSSR count). The lowest BCUT2D eigenvalue weighted by atomic mass is 10.1. The zero-order chi connectivity index (χ0) is 25.6. The third-order valence-corrected chi connectivity index (χ3v) is 9.23. The molecule has 2 aromatic heterocycles. The van der Waals surface area contributed by atoms with Crippen LogP contribution < -0.4 is 4.74 Å². The van der Waals surface area contributed by atoms with Crippen LogP contribution in [0.5, 0.6) is 5.75 Å². The smallest absolute Gasteiger partial charge is 0.308 e. The number of piperazine rings is 1. The van der Waals surface area contributed by atoms with Crippen molar-refractivity contribution >= 4 is 43.1 Å². The fourth-order valence-corrected chi connectivity index (χ4v) is 5.83. The normalized spacial score (nSPS) is 18.1. The molecule has 0 aromatic carbocycles. The number of rotatable bonds is 7. The second-order valence-corrected chi connectivity index (χ2v) is 12.3. The molecule has 1 atom stereocenters. The Hall–Kier alpha value is -2.59. The highest BCUT2D eigenvalue weighted by molar-refractivity contribution is 7.87. The Morgan fingerprint density at radius 2 is 1.68 bits per heavy atom. The van der Waals surface area contributed by atoms with Crippen molar-refractivity contribution in [1.82, 2.24) is 26.8 Å². The topological polar surface area (TPSA) is 142 Å². The van der Waals surface area contributed by atoms with Gasteiger partial charge in [0.1, 0.15) is 5.75 Å². The Bertz CT molecular complexity index is 1330. The van der Waals surface area contributed by atoms with Gasteiger partial charge in [0.2, 0.25) is 0 Å². The Balaban J connectivity index is 2.01. The van der Waals surface area contributed by atoms with Crippen molar-refractivity contribution in [1.29, 1.82) is 0 Å². The molecule has 0 saturated carbocycles. The molecule has 13 nitrogen and oxygen atoms in total. The lowest BCUT2D eigenvalue weighted by Gasteiger charge is -2.39. The molecule has 0 unspecified atom stereocenters. The summed E-state index contributed by atoms with van der Waals surface area (Å²) in [5.74, 6) is -1.63. The van der Waals surface area contributed by atoms with Gasteiger partial charge in [-0.3, -0.25) is 9.59 Å². The predicted molar refractivity (Wildman–Crippen MR) is 124 cm³/mol. The molecule has 34 heavy (non-hydrogen) atoms. The van der Waals surface area contributed by atoms with E-state index in [0.29, 0.717) is 0 Å². The van der Waals surface area contributed by atoms with Gasteiger partial charge in [-0.1, -0.05) is 0 Å². The Kier molecular flexibility index (Phi) is 7.06. The van der Waals surface area contributed by atoms with E-state index in [1.54, 1.807) is 6.92 Å². The highest BCUT2D eigenvalue weighted by Crippen LogP contribution is 2.31. The Labute approximate surface area is 198 Å². The average molecular weight is 517 g/mol. The van der Waals surface area contributed by atoms with Crippen LogP contribution in [0.1, 0.15) is 17.3 Å². The van der Waals surface area contributed by atoms with Gasteiger partial charge in [0.25, 0.3) is 21.9 Å². The van der Waals surface area contributed by atoms with Gasteiger partial charge in [-0.2, -0.15) is 29.8 Å². The van der Waals surface area contributed by atoms with Crippen LogP contribution in [0.3, 0.4) is 0 Å². The minimum absolute atomic E-state index is 0.00281. The number of ketones is 1. The van der Waals surface area contributed by atoms with Gasteiger partial charge in [0, 0.05) is 66.3 Å². The van der Waals surface area contributed by atoms with Gasteiger partial charge in [-0.25, -0.2) is 8.96 Å². The fourth-order valence-electron chi connectivity index (χ4n) is 3.70. The molecular weight excluding hydrogens is 488 g/mol. The van der Waals surface area contributed by atoms with E-state index in [4.69, 9.17) is 4.74 Å². The van der Waals surface area contributed by atoms with Crippen LogP contribution >= 0.6 is 0 Å². The maximum atomic E-state index is 13.3. The zero-order valence-electron chi connectivity index (χ0n) is 19.8. The van der Waals surface area contributed by atoms with E-state index in [1.807, 2.05) is 0 Å². The third-order valence-electron chi connectivity index (χ3n) is 5.62. The molecule has 1 fully saturated rings. The van der Waals surface area contributed by atoms with Crippen LogP contribution in [0, 0.1) is 0 Å². The SMILES string of the molecule is COc1ccnc2c1c(C(=O)C(=O)N1CCN(S(=O)(=O)N(C)C)C[C@H]1C)cn2S(=O)(=O)N(C)C. The molecule has 1 aliphatic rings. The first-order valence-corrected chi connectivity index (χ1v) is 13.0. The number of aromatic nitrogens is 2. The molecule has 0 aliphatic carbocycles. The summed E-state index contributed by atoms with van der Waals surface area (Å²) in [4.78, 5) is 31.9. The largest absolute Gasteiger partial charge is 0.496 e. The number of methoxy groups -OCH3 is 1. The maximum Gasteiger partial charge on any atom is 0.308 e. The maximum absolute atomic E-state index is 13.3. The monoisotopic (exact) mass is 516 g/mol. The van der Waals surface area contributed by atoms with Crippen LogP contribution in [0.25, 0.3) is 11.0 Å². The number of hydrogen-bond donors (Lipinski definition) is 0. The summed E-state index contributed by atoms with van der Waals surface area (Å²) < 4.78 is 59.9. The average Bonchev–Trinajstić information content (AvgIpc) is 3.18. The number of amides is 1. The first-order valence-electron chi connectivity index (χ1n) is 10.2. The fraction of sp³-hybridized carbons (Fsp3) is 0.526. The van der Waals surface area contributed by atoms with Crippen LogP contribution in [0.2, 0.25) is 0 Å². The van der Waals surface area contributed by atoms with Crippen molar-refractivity contribution in [2.75, 3.05) is 54.9 Å². The predicted octanol–water partition coefficient (Wildman–Crippen LogP) is -0.779. The van der Waals surface area contributed by atoms with Crippen LogP contribution in [0.15, 0.2) is 18.5 Å². The number of nitrogens with zero attached hydrogens (tertiary/aromatic N) is 6. The van der Waals surface area contributed by atoms with E-state index in [9.17, 15) is 26.4 Å². The second kappa shape index (κ2) is 9.22. The number of carbonyl (C=O) groups is 2. The number of ether oxygens (including phenoxy) is 1. The van der Waals surface area contributed by atoms with Gasteiger partial charge < -0.3 is 9.64 Å². The molecule has 188 valence electrons.